The molecule has 1 aromatic rings. The predicted molar refractivity (Wildman–Crippen MR) is 93.5 cm³/mol. The van der Waals surface area contributed by atoms with Gasteiger partial charge in [0.25, 0.3) is 0 Å². The normalized spacial score (nSPS) is 17.6. The van der Waals surface area contributed by atoms with Crippen molar-refractivity contribution in [3.63, 3.8) is 0 Å². The number of anilines is 1. The van der Waals surface area contributed by atoms with E-state index in [2.05, 4.69) is 36.4 Å². The first kappa shape index (κ1) is 17.4. The van der Waals surface area contributed by atoms with E-state index in [-0.39, 0.29) is 11.9 Å². The minimum Gasteiger partial charge on any atom is -0.303 e. The summed E-state index contributed by atoms with van der Waals surface area (Å²) < 4.78 is 0. The van der Waals surface area contributed by atoms with Crippen molar-refractivity contribution in [3.8, 4) is 0 Å². The third-order valence-corrected chi connectivity index (χ3v) is 5.47. The Morgan fingerprint density at radius 1 is 1.36 bits per heavy atom. The van der Waals surface area contributed by atoms with Gasteiger partial charge in [-0.2, -0.15) is 0 Å². The Kier molecular flexibility index (Phi) is 6.83. The molecule has 1 saturated carbocycles. The summed E-state index contributed by atoms with van der Waals surface area (Å²) in [5.74, 6) is 0.520. The number of hydrogen-bond acceptors (Lipinski definition) is 4. The number of carbonyl (C=O) groups is 1. The van der Waals surface area contributed by atoms with Crippen LogP contribution in [0.15, 0.2) is 6.20 Å². The number of aromatic nitrogens is 1. The second kappa shape index (κ2) is 8.63. The average Bonchev–Trinajstić information content (AvgIpc) is 2.96. The summed E-state index contributed by atoms with van der Waals surface area (Å²) in [6, 6.07) is 0.401. The van der Waals surface area contributed by atoms with E-state index >= 15 is 0 Å². The van der Waals surface area contributed by atoms with Gasteiger partial charge in [0.2, 0.25) is 5.91 Å². The Morgan fingerprint density at radius 2 is 2.09 bits per heavy atom. The van der Waals surface area contributed by atoms with Gasteiger partial charge in [-0.05, 0) is 25.2 Å². The van der Waals surface area contributed by atoms with E-state index in [4.69, 9.17) is 0 Å². The van der Waals surface area contributed by atoms with Gasteiger partial charge in [-0.1, -0.05) is 46.5 Å². The van der Waals surface area contributed by atoms with Crippen LogP contribution in [0, 0.1) is 0 Å². The van der Waals surface area contributed by atoms with E-state index in [0.717, 1.165) is 18.0 Å². The summed E-state index contributed by atoms with van der Waals surface area (Å²) >= 11 is 1.58. The zero-order valence-corrected chi connectivity index (χ0v) is 14.8. The molecular weight excluding hydrogens is 294 g/mol. The molecule has 2 N–H and O–H groups in total. The molecule has 0 aliphatic heterocycles. The summed E-state index contributed by atoms with van der Waals surface area (Å²) in [6.07, 6.45) is 10.0. The second-order valence-electron chi connectivity index (χ2n) is 6.55. The first-order valence-corrected chi connectivity index (χ1v) is 9.44. The lowest BCUT2D eigenvalue weighted by atomic mass is 9.94. The van der Waals surface area contributed by atoms with Crippen LogP contribution in [0.2, 0.25) is 0 Å². The van der Waals surface area contributed by atoms with Gasteiger partial charge >= 0.3 is 0 Å². The third-order valence-electron chi connectivity index (χ3n) is 4.26. The molecule has 0 unspecified atom stereocenters. The summed E-state index contributed by atoms with van der Waals surface area (Å²) in [6.45, 7) is 6.41. The highest BCUT2D eigenvalue weighted by Gasteiger charge is 2.23. The Bertz CT molecular complexity index is 466. The van der Waals surface area contributed by atoms with Crippen LogP contribution in [-0.4, -0.2) is 23.0 Å². The van der Waals surface area contributed by atoms with Crippen LogP contribution < -0.4 is 10.6 Å². The molecule has 1 atom stereocenters. The zero-order valence-electron chi connectivity index (χ0n) is 14.0. The second-order valence-corrected chi connectivity index (χ2v) is 7.62. The Morgan fingerprint density at radius 3 is 2.68 bits per heavy atom. The van der Waals surface area contributed by atoms with Gasteiger partial charge in [0.05, 0.1) is 6.04 Å². The van der Waals surface area contributed by atoms with E-state index in [9.17, 15) is 4.79 Å². The summed E-state index contributed by atoms with van der Waals surface area (Å²) in [5, 5.41) is 7.29. The fraction of sp³-hybridized carbons (Fsp3) is 0.765. The van der Waals surface area contributed by atoms with Crippen LogP contribution in [-0.2, 0) is 4.79 Å². The third kappa shape index (κ3) is 5.06. The van der Waals surface area contributed by atoms with Gasteiger partial charge in [0, 0.05) is 17.1 Å². The van der Waals surface area contributed by atoms with Gasteiger partial charge in [0.1, 0.15) is 0 Å². The molecule has 0 spiro atoms. The molecule has 1 aliphatic rings. The Labute approximate surface area is 138 Å². The van der Waals surface area contributed by atoms with Crippen molar-refractivity contribution in [1.29, 1.82) is 0 Å². The highest BCUT2D eigenvalue weighted by Crippen LogP contribution is 2.25. The number of thiazole rings is 1. The standard InChI is InChI=1S/C17H29N3OS/c1-4-8-14(19-13-9-6-5-7-10-13)16(21)20-17-18-11-15(22-17)12(2)3/h11-14,19H,4-10H2,1-3H3,(H,18,20,21)/t14-/m0/s1. The smallest absolute Gasteiger partial charge is 0.243 e. The van der Waals surface area contributed by atoms with E-state index in [1.165, 1.54) is 37.0 Å². The number of hydrogen-bond donors (Lipinski definition) is 2. The van der Waals surface area contributed by atoms with Gasteiger partial charge in [-0.3, -0.25) is 4.79 Å². The molecule has 0 bridgehead atoms. The molecule has 5 heteroatoms. The lowest BCUT2D eigenvalue weighted by molar-refractivity contribution is -0.118. The van der Waals surface area contributed by atoms with Crippen molar-refractivity contribution in [3.05, 3.63) is 11.1 Å². The Balaban J connectivity index is 1.92. The fourth-order valence-electron chi connectivity index (χ4n) is 2.94. The van der Waals surface area contributed by atoms with Crippen molar-refractivity contribution >= 4 is 22.4 Å². The number of amides is 1. The molecular formula is C17H29N3OS. The first-order valence-electron chi connectivity index (χ1n) is 8.62. The van der Waals surface area contributed by atoms with Crippen LogP contribution in [0.25, 0.3) is 0 Å². The van der Waals surface area contributed by atoms with Crippen molar-refractivity contribution < 1.29 is 4.79 Å². The molecule has 1 aliphatic carbocycles. The largest absolute Gasteiger partial charge is 0.303 e. The predicted octanol–water partition coefficient (Wildman–Crippen LogP) is 4.30. The highest BCUT2D eigenvalue weighted by molar-refractivity contribution is 7.15. The van der Waals surface area contributed by atoms with Crippen molar-refractivity contribution in [2.75, 3.05) is 5.32 Å². The van der Waals surface area contributed by atoms with Crippen LogP contribution in [0.3, 0.4) is 0 Å². The number of carbonyl (C=O) groups excluding carboxylic acids is 1. The van der Waals surface area contributed by atoms with Gasteiger partial charge in [-0.15, -0.1) is 11.3 Å². The van der Waals surface area contributed by atoms with E-state index in [1.807, 2.05) is 6.20 Å². The van der Waals surface area contributed by atoms with Crippen LogP contribution >= 0.6 is 11.3 Å². The topological polar surface area (TPSA) is 54.0 Å². The molecule has 22 heavy (non-hydrogen) atoms. The maximum Gasteiger partial charge on any atom is 0.243 e. The molecule has 1 heterocycles. The molecule has 1 fully saturated rings. The molecule has 124 valence electrons. The first-order chi connectivity index (χ1) is 10.6. The van der Waals surface area contributed by atoms with Gasteiger partial charge in [0.15, 0.2) is 5.13 Å². The van der Waals surface area contributed by atoms with E-state index in [1.54, 1.807) is 11.3 Å². The summed E-state index contributed by atoms with van der Waals surface area (Å²) in [4.78, 5) is 18.1. The Hall–Kier alpha value is -0.940. The van der Waals surface area contributed by atoms with Gasteiger partial charge in [-0.25, -0.2) is 4.98 Å². The monoisotopic (exact) mass is 323 g/mol. The maximum atomic E-state index is 12.5. The van der Waals surface area contributed by atoms with Crippen molar-refractivity contribution in [2.24, 2.45) is 0 Å². The molecule has 2 rings (SSSR count). The molecule has 0 radical (unpaired) electrons. The lowest BCUT2D eigenvalue weighted by Gasteiger charge is -2.27. The SMILES string of the molecule is CCC[C@H](NC1CCCCC1)C(=O)Nc1ncc(C(C)C)s1. The average molecular weight is 324 g/mol. The highest BCUT2D eigenvalue weighted by atomic mass is 32.1. The maximum absolute atomic E-state index is 12.5. The van der Waals surface area contributed by atoms with Crippen LogP contribution in [0.1, 0.15) is 76.5 Å². The molecule has 0 saturated heterocycles. The number of nitrogens with zero attached hydrogens (tertiary/aromatic N) is 1. The molecule has 0 aromatic carbocycles. The summed E-state index contributed by atoms with van der Waals surface area (Å²) in [5.41, 5.74) is 0. The minimum absolute atomic E-state index is 0.0667. The van der Waals surface area contributed by atoms with Crippen molar-refractivity contribution in [2.45, 2.75) is 83.7 Å². The number of rotatable bonds is 7. The quantitative estimate of drug-likeness (QED) is 0.787. The van der Waals surface area contributed by atoms with Gasteiger partial charge < -0.3 is 10.6 Å². The minimum atomic E-state index is -0.0977. The molecule has 1 amide bonds. The molecule has 4 nitrogen and oxygen atoms in total. The zero-order chi connectivity index (χ0) is 15.9. The lowest BCUT2D eigenvalue weighted by Crippen LogP contribution is -2.46. The van der Waals surface area contributed by atoms with Crippen LogP contribution in [0.4, 0.5) is 5.13 Å². The van der Waals surface area contributed by atoms with Crippen molar-refractivity contribution in [1.82, 2.24) is 10.3 Å². The summed E-state index contributed by atoms with van der Waals surface area (Å²) in [7, 11) is 0. The van der Waals surface area contributed by atoms with E-state index in [0.29, 0.717) is 12.0 Å². The number of nitrogens with one attached hydrogen (secondary N) is 2. The molecule has 1 aromatic heterocycles. The fourth-order valence-corrected chi connectivity index (χ4v) is 3.76. The van der Waals surface area contributed by atoms with E-state index < -0.39 is 0 Å². The van der Waals surface area contributed by atoms with Crippen LogP contribution in [0.5, 0.6) is 0 Å².